The molecule has 0 aromatic heterocycles. The van der Waals surface area contributed by atoms with Gasteiger partial charge in [-0.3, -0.25) is 14.6 Å². The van der Waals surface area contributed by atoms with Crippen molar-refractivity contribution in [3.63, 3.8) is 0 Å². The number of phenolic OH excluding ortho intramolecular Hbond substituents is 1. The van der Waals surface area contributed by atoms with Crippen molar-refractivity contribution in [3.05, 3.63) is 75.5 Å². The van der Waals surface area contributed by atoms with Crippen molar-refractivity contribution in [1.82, 2.24) is 16.0 Å². The number of nitrogens with zero attached hydrogens (tertiary/aromatic N) is 1. The molecule has 1 aliphatic carbocycles. The molecule has 4 aliphatic rings. The molecule has 16 nitrogen and oxygen atoms in total. The second-order valence-electron chi connectivity index (χ2n) is 13.1. The number of ether oxygens (including phenoxy) is 3. The SMILES string of the molecule is CN=C(N)NCc1c(CC2(C3=CNC(N)C=C3)CCNCC2)cc2c(c1O)C(=O)c1c(O[C@@H]3O[C@H](CO)[C@@H](O)[C@H](O)[C@H]3O)cc(OC)cc1C2=O. The number of benzene rings is 2. The van der Waals surface area contributed by atoms with Crippen molar-refractivity contribution >= 4 is 17.5 Å². The predicted molar refractivity (Wildman–Crippen MR) is 183 cm³/mol. The van der Waals surface area contributed by atoms with Gasteiger partial charge < -0.3 is 67.2 Å². The van der Waals surface area contributed by atoms with Crippen LogP contribution < -0.4 is 36.9 Å². The molecule has 0 amide bonds. The summed E-state index contributed by atoms with van der Waals surface area (Å²) in [5.74, 6) is -1.79. The lowest BCUT2D eigenvalue weighted by atomic mass is 9.67. The first-order valence-corrected chi connectivity index (χ1v) is 16.7. The Bertz CT molecular complexity index is 1790. The van der Waals surface area contributed by atoms with Crippen LogP contribution in [0.4, 0.5) is 0 Å². The first-order valence-electron chi connectivity index (χ1n) is 16.7. The maximum atomic E-state index is 14.5. The molecular weight excluding hydrogens is 664 g/mol. The Kier molecular flexibility index (Phi) is 10.4. The number of guanidine groups is 1. The van der Waals surface area contributed by atoms with Crippen LogP contribution in [0.3, 0.4) is 0 Å². The third-order valence-electron chi connectivity index (χ3n) is 10.1. The number of allylic oxidation sites excluding steroid dienone is 2. The summed E-state index contributed by atoms with van der Waals surface area (Å²) in [5, 5.41) is 62.5. The van der Waals surface area contributed by atoms with E-state index in [0.717, 1.165) is 31.5 Å². The third-order valence-corrected chi connectivity index (χ3v) is 10.1. The van der Waals surface area contributed by atoms with E-state index < -0.39 is 60.0 Å². The van der Waals surface area contributed by atoms with Crippen LogP contribution in [0, 0.1) is 5.41 Å². The van der Waals surface area contributed by atoms with Crippen LogP contribution in [0.2, 0.25) is 0 Å². The second kappa shape index (κ2) is 14.6. The number of aliphatic hydroxyl groups is 4. The van der Waals surface area contributed by atoms with Crippen molar-refractivity contribution in [3.8, 4) is 17.2 Å². The molecule has 0 spiro atoms. The zero-order valence-corrected chi connectivity index (χ0v) is 28.3. The molecule has 2 aromatic carbocycles. The van der Waals surface area contributed by atoms with Crippen LogP contribution in [-0.2, 0) is 17.7 Å². The van der Waals surface area contributed by atoms with Crippen molar-refractivity contribution in [1.29, 1.82) is 0 Å². The number of piperidine rings is 1. The number of rotatable bonds is 9. The topological polar surface area (TPSA) is 263 Å². The number of nitrogens with one attached hydrogen (secondary N) is 3. The van der Waals surface area contributed by atoms with Gasteiger partial charge in [-0.1, -0.05) is 6.08 Å². The lowest BCUT2D eigenvalue weighted by Crippen LogP contribution is -2.60. The monoisotopic (exact) mass is 708 g/mol. The largest absolute Gasteiger partial charge is 0.507 e. The van der Waals surface area contributed by atoms with E-state index in [1.165, 1.54) is 26.3 Å². The summed E-state index contributed by atoms with van der Waals surface area (Å²) in [5.41, 5.74) is 13.0. The molecule has 2 fully saturated rings. The summed E-state index contributed by atoms with van der Waals surface area (Å²) in [7, 11) is 2.86. The van der Waals surface area contributed by atoms with Crippen molar-refractivity contribution in [2.45, 2.75) is 62.7 Å². The van der Waals surface area contributed by atoms with Crippen LogP contribution in [0.5, 0.6) is 17.2 Å². The Morgan fingerprint density at radius 2 is 1.80 bits per heavy atom. The molecule has 0 saturated carbocycles. The van der Waals surface area contributed by atoms with Gasteiger partial charge in [-0.25, -0.2) is 0 Å². The normalized spacial score (nSPS) is 27.2. The summed E-state index contributed by atoms with van der Waals surface area (Å²) in [4.78, 5) is 32.8. The molecule has 0 radical (unpaired) electrons. The number of carbonyl (C=O) groups is 2. The number of carbonyl (C=O) groups excluding carboxylic acids is 2. The van der Waals surface area contributed by atoms with Gasteiger partial charge >= 0.3 is 0 Å². The highest BCUT2D eigenvalue weighted by atomic mass is 16.7. The Morgan fingerprint density at radius 1 is 1.08 bits per heavy atom. The fourth-order valence-electron chi connectivity index (χ4n) is 7.22. The highest BCUT2D eigenvalue weighted by Gasteiger charge is 2.46. The number of phenols is 1. The van der Waals surface area contributed by atoms with E-state index in [1.54, 1.807) is 6.07 Å². The molecule has 16 heteroatoms. The zero-order chi connectivity index (χ0) is 36.6. The van der Waals surface area contributed by atoms with Gasteiger partial charge in [0.25, 0.3) is 0 Å². The van der Waals surface area contributed by atoms with Crippen LogP contribution in [0.1, 0.15) is 55.8 Å². The maximum Gasteiger partial charge on any atom is 0.229 e. The standard InChI is InChI=1S/C35H44N6O10/c1-38-34(37)41-14-21-16(12-35(5-7-39-8-6-35)17-3-4-24(36)40-13-17)9-19-26(28(21)44)30(46)25-20(27(19)43)10-18(49-2)11-22(25)50-33-32(48)31(47)29(45)23(15-42)51-33/h3-4,9-11,13,23-24,29,31-33,39-40,42,44-45,47-48H,5-8,12,14-15,36H2,1-2H3,(H3,37,38,41)/t23-,24?,29-,31+,32-,33-/m1/s1. The molecule has 2 saturated heterocycles. The van der Waals surface area contributed by atoms with Gasteiger partial charge in [0, 0.05) is 48.0 Å². The van der Waals surface area contributed by atoms with Gasteiger partial charge in [0.05, 0.1) is 31.0 Å². The number of methoxy groups -OCH3 is 1. The number of hydrogen-bond acceptors (Lipinski definition) is 14. The predicted octanol–water partition coefficient (Wildman–Crippen LogP) is -1.37. The molecule has 6 rings (SSSR count). The minimum atomic E-state index is -1.80. The fourth-order valence-corrected chi connectivity index (χ4v) is 7.22. The molecular formula is C35H44N6O10. The van der Waals surface area contributed by atoms with Crippen molar-refractivity contribution < 1.29 is 49.3 Å². The number of aromatic hydroxyl groups is 1. The minimum Gasteiger partial charge on any atom is -0.507 e. The quantitative estimate of drug-likeness (QED) is 0.0908. The van der Waals surface area contributed by atoms with Gasteiger partial charge in [-0.2, -0.15) is 0 Å². The molecule has 274 valence electrons. The first-order chi connectivity index (χ1) is 24.4. The van der Waals surface area contributed by atoms with Gasteiger partial charge in [-0.15, -0.1) is 0 Å². The molecule has 12 N–H and O–H groups in total. The van der Waals surface area contributed by atoms with Crippen LogP contribution in [0.25, 0.3) is 0 Å². The van der Waals surface area contributed by atoms with Crippen LogP contribution >= 0.6 is 0 Å². The Morgan fingerprint density at radius 3 is 2.45 bits per heavy atom. The minimum absolute atomic E-state index is 0.0187. The van der Waals surface area contributed by atoms with Gasteiger partial charge in [0.15, 0.2) is 11.7 Å². The lowest BCUT2D eigenvalue weighted by molar-refractivity contribution is -0.277. The Labute approximate surface area is 293 Å². The smallest absolute Gasteiger partial charge is 0.229 e. The molecule has 0 bridgehead atoms. The second-order valence-corrected chi connectivity index (χ2v) is 13.1. The molecule has 51 heavy (non-hydrogen) atoms. The Balaban J connectivity index is 1.46. The van der Waals surface area contributed by atoms with E-state index in [2.05, 4.69) is 20.9 Å². The van der Waals surface area contributed by atoms with Crippen molar-refractivity contribution in [2.24, 2.45) is 21.9 Å². The molecule has 3 heterocycles. The fraction of sp³-hybridized carbons (Fsp3) is 0.457. The number of hydrogen-bond donors (Lipinski definition) is 10. The van der Waals surface area contributed by atoms with Crippen molar-refractivity contribution in [2.75, 3.05) is 33.9 Å². The number of aliphatic imine (C=N–C) groups is 1. The summed E-state index contributed by atoms with van der Waals surface area (Å²) >= 11 is 0. The molecule has 1 unspecified atom stereocenters. The molecule has 2 aromatic rings. The van der Waals surface area contributed by atoms with E-state index >= 15 is 0 Å². The summed E-state index contributed by atoms with van der Waals surface area (Å²) in [6.07, 6.45) is -0.812. The highest BCUT2D eigenvalue weighted by Crippen LogP contribution is 2.46. The van der Waals surface area contributed by atoms with E-state index in [9.17, 15) is 35.1 Å². The lowest BCUT2D eigenvalue weighted by Gasteiger charge is -2.41. The average Bonchev–Trinajstić information content (AvgIpc) is 3.13. The number of aliphatic hydroxyl groups excluding tert-OH is 4. The maximum absolute atomic E-state index is 14.5. The summed E-state index contributed by atoms with van der Waals surface area (Å²) in [6, 6.07) is 4.32. The molecule has 6 atom stereocenters. The van der Waals surface area contributed by atoms with E-state index in [4.69, 9.17) is 25.7 Å². The average molecular weight is 709 g/mol. The van der Waals surface area contributed by atoms with Crippen LogP contribution in [0.15, 0.2) is 47.1 Å². The van der Waals surface area contributed by atoms with Crippen LogP contribution in [-0.4, -0.2) is 114 Å². The first kappa shape index (κ1) is 36.2. The summed E-state index contributed by atoms with van der Waals surface area (Å²) in [6.45, 7) is 0.745. The van der Waals surface area contributed by atoms with E-state index in [0.29, 0.717) is 17.5 Å². The number of dihydropyridines is 1. The van der Waals surface area contributed by atoms with E-state index in [1.807, 2.05) is 18.4 Å². The van der Waals surface area contributed by atoms with Gasteiger partial charge in [0.1, 0.15) is 41.7 Å². The number of fused-ring (bicyclic) bond motifs is 2. The number of ketones is 2. The van der Waals surface area contributed by atoms with Gasteiger partial charge in [0.2, 0.25) is 12.1 Å². The third kappa shape index (κ3) is 6.67. The Hall–Kier alpha value is -4.55. The zero-order valence-electron chi connectivity index (χ0n) is 28.3. The van der Waals surface area contributed by atoms with E-state index in [-0.39, 0.29) is 52.4 Å². The van der Waals surface area contributed by atoms with Gasteiger partial charge in [-0.05, 0) is 61.7 Å². The summed E-state index contributed by atoms with van der Waals surface area (Å²) < 4.78 is 16.8. The highest BCUT2D eigenvalue weighted by molar-refractivity contribution is 6.30. The molecule has 3 aliphatic heterocycles. The number of nitrogens with two attached hydrogens (primary N) is 2.